The first-order valence-corrected chi connectivity index (χ1v) is 9.50. The lowest BCUT2D eigenvalue weighted by Gasteiger charge is -2.06. The molecule has 0 atom stereocenters. The summed E-state index contributed by atoms with van der Waals surface area (Å²) in [6.45, 7) is 1.71. The molecule has 1 heterocycles. The molecule has 28 heavy (non-hydrogen) atoms. The van der Waals surface area contributed by atoms with Gasteiger partial charge in [0.05, 0.1) is 27.1 Å². The Balaban J connectivity index is 1.88. The Morgan fingerprint density at radius 3 is 2.75 bits per heavy atom. The van der Waals surface area contributed by atoms with E-state index in [9.17, 15) is 20.0 Å². The average Bonchev–Trinajstić information content (AvgIpc) is 2.98. The molecule has 1 amide bonds. The largest absolute Gasteiger partial charge is 0.503 e. The van der Waals surface area contributed by atoms with Crippen molar-refractivity contribution in [1.82, 2.24) is 5.32 Å². The number of phenols is 1. The highest BCUT2D eigenvalue weighted by Gasteiger charge is 2.24. The summed E-state index contributed by atoms with van der Waals surface area (Å²) in [6, 6.07) is 7.60. The highest BCUT2D eigenvalue weighted by Crippen LogP contribution is 2.37. The van der Waals surface area contributed by atoms with Crippen molar-refractivity contribution in [2.45, 2.75) is 6.92 Å². The van der Waals surface area contributed by atoms with Gasteiger partial charge in [-0.15, -0.1) is 0 Å². The van der Waals surface area contributed by atoms with Crippen LogP contribution in [0.2, 0.25) is 0 Å². The monoisotopic (exact) mass is 463 g/mol. The molecule has 0 saturated carbocycles. The molecule has 1 fully saturated rings. The maximum atomic E-state index is 12.3. The highest BCUT2D eigenvalue weighted by molar-refractivity contribution is 9.10. The van der Waals surface area contributed by atoms with Crippen molar-refractivity contribution in [3.8, 4) is 11.5 Å². The molecular formula is C18H14BrN3O5S. The number of aromatic hydroxyl groups is 1. The van der Waals surface area contributed by atoms with Crippen molar-refractivity contribution in [2.24, 2.45) is 4.99 Å². The summed E-state index contributed by atoms with van der Waals surface area (Å²) in [4.78, 5) is 27.4. The number of phenolic OH excluding ortho intramolecular Hbond substituents is 1. The van der Waals surface area contributed by atoms with Crippen molar-refractivity contribution >= 4 is 56.2 Å². The molecule has 0 radical (unpaired) electrons. The summed E-state index contributed by atoms with van der Waals surface area (Å²) < 4.78 is 5.55. The normalized spacial score (nSPS) is 16.5. The van der Waals surface area contributed by atoms with Gasteiger partial charge in [-0.2, -0.15) is 0 Å². The van der Waals surface area contributed by atoms with Gasteiger partial charge in [0.2, 0.25) is 0 Å². The fourth-order valence-electron chi connectivity index (χ4n) is 2.45. The molecule has 2 aromatic carbocycles. The standard InChI is InChI=1S/C18H14BrN3O5S/c1-9-5-11(22(25)26)3-4-13(9)20-18-21-17(24)15(28-18)8-10-6-12(19)16(23)14(7-10)27-2/h3-8,23H,1-2H3,(H,20,21,24)/b15-8+. The van der Waals surface area contributed by atoms with Crippen molar-refractivity contribution < 1.29 is 19.6 Å². The molecule has 3 rings (SSSR count). The summed E-state index contributed by atoms with van der Waals surface area (Å²) in [5.41, 5.74) is 1.80. The second-order valence-corrected chi connectivity index (χ2v) is 7.65. The van der Waals surface area contributed by atoms with Gasteiger partial charge < -0.3 is 15.2 Å². The molecule has 1 aliphatic rings. The van der Waals surface area contributed by atoms with E-state index < -0.39 is 4.92 Å². The van der Waals surface area contributed by atoms with E-state index in [4.69, 9.17) is 4.74 Å². The fourth-order valence-corrected chi connectivity index (χ4v) is 3.75. The van der Waals surface area contributed by atoms with Crippen LogP contribution in [0.3, 0.4) is 0 Å². The maximum absolute atomic E-state index is 12.3. The van der Waals surface area contributed by atoms with E-state index in [-0.39, 0.29) is 23.1 Å². The number of hydrogen-bond acceptors (Lipinski definition) is 7. The lowest BCUT2D eigenvalue weighted by Crippen LogP contribution is -2.19. The zero-order valence-electron chi connectivity index (χ0n) is 14.7. The van der Waals surface area contributed by atoms with E-state index in [1.165, 1.54) is 25.3 Å². The fraction of sp³-hybridized carbons (Fsp3) is 0.111. The number of nitro groups is 1. The zero-order valence-corrected chi connectivity index (χ0v) is 17.1. The number of non-ortho nitro benzene ring substituents is 1. The van der Waals surface area contributed by atoms with Crippen LogP contribution in [0.4, 0.5) is 11.4 Å². The highest BCUT2D eigenvalue weighted by atomic mass is 79.9. The van der Waals surface area contributed by atoms with Crippen molar-refractivity contribution in [3.63, 3.8) is 0 Å². The first-order chi connectivity index (χ1) is 13.3. The number of halogens is 1. The molecule has 2 aromatic rings. The number of carbonyl (C=O) groups excluding carboxylic acids is 1. The minimum Gasteiger partial charge on any atom is -0.503 e. The smallest absolute Gasteiger partial charge is 0.269 e. The number of carbonyl (C=O) groups is 1. The number of thioether (sulfide) groups is 1. The Labute approximate surface area is 172 Å². The number of methoxy groups -OCH3 is 1. The lowest BCUT2D eigenvalue weighted by molar-refractivity contribution is -0.384. The minimum absolute atomic E-state index is 0.0167. The number of aryl methyl sites for hydroxylation is 1. The van der Waals surface area contributed by atoms with E-state index in [0.717, 1.165) is 11.8 Å². The van der Waals surface area contributed by atoms with Gasteiger partial charge >= 0.3 is 0 Å². The van der Waals surface area contributed by atoms with Gasteiger partial charge in [-0.25, -0.2) is 4.99 Å². The van der Waals surface area contributed by atoms with Gasteiger partial charge in [0.15, 0.2) is 16.7 Å². The maximum Gasteiger partial charge on any atom is 0.269 e. The number of nitrogens with one attached hydrogen (secondary N) is 1. The summed E-state index contributed by atoms with van der Waals surface area (Å²) >= 11 is 4.39. The van der Waals surface area contributed by atoms with Gasteiger partial charge in [-0.1, -0.05) is 0 Å². The average molecular weight is 464 g/mol. The van der Waals surface area contributed by atoms with E-state index in [0.29, 0.717) is 31.4 Å². The van der Waals surface area contributed by atoms with Gasteiger partial charge in [-0.05, 0) is 70.0 Å². The Morgan fingerprint density at radius 1 is 1.36 bits per heavy atom. The number of amidine groups is 1. The molecule has 0 spiro atoms. The predicted molar refractivity (Wildman–Crippen MR) is 111 cm³/mol. The third kappa shape index (κ3) is 4.18. The Bertz CT molecular complexity index is 1050. The quantitative estimate of drug-likeness (QED) is 0.397. The van der Waals surface area contributed by atoms with Crippen molar-refractivity contribution in [1.29, 1.82) is 0 Å². The predicted octanol–water partition coefficient (Wildman–Crippen LogP) is 4.27. The first kappa shape index (κ1) is 19.9. The van der Waals surface area contributed by atoms with Crippen molar-refractivity contribution in [2.75, 3.05) is 7.11 Å². The molecule has 0 unspecified atom stereocenters. The van der Waals surface area contributed by atoms with Crippen LogP contribution >= 0.6 is 27.7 Å². The Morgan fingerprint density at radius 2 is 2.11 bits per heavy atom. The summed E-state index contributed by atoms with van der Waals surface area (Å²) in [5.74, 6) is -0.0596. The second-order valence-electron chi connectivity index (χ2n) is 5.76. The van der Waals surface area contributed by atoms with Gasteiger partial charge in [0, 0.05) is 12.1 Å². The van der Waals surface area contributed by atoms with Gasteiger partial charge in [0.25, 0.3) is 11.6 Å². The number of aliphatic imine (C=N–C) groups is 1. The number of amides is 1. The lowest BCUT2D eigenvalue weighted by atomic mass is 10.2. The molecule has 10 heteroatoms. The Hall–Kier alpha value is -2.85. The molecule has 0 aromatic heterocycles. The minimum atomic E-state index is -0.471. The van der Waals surface area contributed by atoms with Crippen LogP contribution in [0.25, 0.3) is 6.08 Å². The molecular weight excluding hydrogens is 450 g/mol. The summed E-state index contributed by atoms with van der Waals surface area (Å²) in [6.07, 6.45) is 1.65. The number of ether oxygens (including phenoxy) is 1. The van der Waals surface area contributed by atoms with E-state index in [1.807, 2.05) is 0 Å². The van der Waals surface area contributed by atoms with Crippen LogP contribution < -0.4 is 10.1 Å². The third-order valence-electron chi connectivity index (χ3n) is 3.83. The third-order valence-corrected chi connectivity index (χ3v) is 5.35. The molecule has 8 nitrogen and oxygen atoms in total. The van der Waals surface area contributed by atoms with Crippen LogP contribution in [0.5, 0.6) is 11.5 Å². The molecule has 144 valence electrons. The van der Waals surface area contributed by atoms with Gasteiger partial charge in [-0.3, -0.25) is 14.9 Å². The molecule has 2 N–H and O–H groups in total. The number of rotatable bonds is 4. The number of hydrogen-bond donors (Lipinski definition) is 2. The number of benzene rings is 2. The zero-order chi connectivity index (χ0) is 20.4. The van der Waals surface area contributed by atoms with E-state index in [2.05, 4.69) is 26.2 Å². The molecule has 0 bridgehead atoms. The second kappa shape index (κ2) is 8.03. The van der Waals surface area contributed by atoms with Crippen LogP contribution in [0.15, 0.2) is 44.7 Å². The molecule has 1 saturated heterocycles. The summed E-state index contributed by atoms with van der Waals surface area (Å²) in [7, 11) is 1.44. The van der Waals surface area contributed by atoms with Crippen LogP contribution in [-0.2, 0) is 4.79 Å². The summed E-state index contributed by atoms with van der Waals surface area (Å²) in [5, 5.41) is 23.8. The van der Waals surface area contributed by atoms with Crippen LogP contribution in [-0.4, -0.2) is 28.2 Å². The number of nitrogens with zero attached hydrogens (tertiary/aromatic N) is 2. The molecule has 1 aliphatic heterocycles. The molecule has 0 aliphatic carbocycles. The Kier molecular flexibility index (Phi) is 5.71. The van der Waals surface area contributed by atoms with Gasteiger partial charge in [0.1, 0.15) is 0 Å². The number of nitro benzene ring substituents is 1. The van der Waals surface area contributed by atoms with Crippen LogP contribution in [0, 0.1) is 17.0 Å². The topological polar surface area (TPSA) is 114 Å². The van der Waals surface area contributed by atoms with E-state index in [1.54, 1.807) is 25.1 Å². The van der Waals surface area contributed by atoms with E-state index >= 15 is 0 Å². The van der Waals surface area contributed by atoms with Crippen molar-refractivity contribution in [3.05, 3.63) is 61.0 Å². The SMILES string of the molecule is COc1cc(/C=C2/SC(=Nc3ccc([N+](=O)[O-])cc3C)NC2=O)cc(Br)c1O. The van der Waals surface area contributed by atoms with Crippen LogP contribution in [0.1, 0.15) is 11.1 Å². The first-order valence-electron chi connectivity index (χ1n) is 7.89.